The average Bonchev–Trinajstić information content (AvgIpc) is 2.87. The molecule has 1 unspecified atom stereocenters. The highest BCUT2D eigenvalue weighted by Gasteiger charge is 2.26. The van der Waals surface area contributed by atoms with E-state index in [0.717, 1.165) is 27.7 Å². The third-order valence-electron chi connectivity index (χ3n) is 4.83. The van der Waals surface area contributed by atoms with Crippen molar-refractivity contribution in [3.8, 4) is 0 Å². The zero-order valence-electron chi connectivity index (χ0n) is 15.3. The molecule has 0 bridgehead atoms. The molecule has 3 aromatic rings. The van der Waals surface area contributed by atoms with Gasteiger partial charge in [-0.25, -0.2) is 0 Å². The molecule has 0 aliphatic carbocycles. The van der Waals surface area contributed by atoms with E-state index in [9.17, 15) is 9.90 Å². The molecule has 1 aromatic heterocycles. The van der Waals surface area contributed by atoms with E-state index >= 15 is 0 Å². The number of nitrogens with one attached hydrogen (secondary N) is 1. The minimum absolute atomic E-state index is 0.0226. The molecule has 130 valence electrons. The zero-order chi connectivity index (χ0) is 18.2. The van der Waals surface area contributed by atoms with Gasteiger partial charge in [0.1, 0.15) is 0 Å². The molecule has 25 heavy (non-hydrogen) atoms. The van der Waals surface area contributed by atoms with Crippen molar-refractivity contribution in [3.63, 3.8) is 0 Å². The van der Waals surface area contributed by atoms with Gasteiger partial charge in [0.25, 0.3) is 0 Å². The number of aromatic amines is 1. The van der Waals surface area contributed by atoms with Gasteiger partial charge in [0.05, 0.1) is 5.92 Å². The quantitative estimate of drug-likeness (QED) is 0.690. The average molecular weight is 335 g/mol. The van der Waals surface area contributed by atoms with Gasteiger partial charge in [-0.05, 0) is 47.6 Å². The first-order chi connectivity index (χ1) is 11.8. The molecule has 0 saturated carbocycles. The van der Waals surface area contributed by atoms with Gasteiger partial charge >= 0.3 is 5.97 Å². The number of carbonyl (C=O) groups is 1. The van der Waals surface area contributed by atoms with E-state index in [1.54, 1.807) is 0 Å². The van der Waals surface area contributed by atoms with Crippen LogP contribution in [-0.4, -0.2) is 16.1 Å². The summed E-state index contributed by atoms with van der Waals surface area (Å²) in [6.07, 6.45) is 0.490. The van der Waals surface area contributed by atoms with Gasteiger partial charge in [0.15, 0.2) is 0 Å². The van der Waals surface area contributed by atoms with Gasteiger partial charge in [-0.15, -0.1) is 0 Å². The molecule has 2 aromatic carbocycles. The van der Waals surface area contributed by atoms with E-state index in [-0.39, 0.29) is 5.41 Å². The molecular weight excluding hydrogens is 310 g/mol. The molecule has 0 spiro atoms. The van der Waals surface area contributed by atoms with E-state index in [2.05, 4.69) is 44.0 Å². The lowest BCUT2D eigenvalue weighted by molar-refractivity contribution is -0.138. The Kier molecular flexibility index (Phi) is 4.42. The van der Waals surface area contributed by atoms with Crippen LogP contribution in [0.5, 0.6) is 0 Å². The van der Waals surface area contributed by atoms with Gasteiger partial charge in [-0.2, -0.15) is 0 Å². The van der Waals surface area contributed by atoms with Crippen LogP contribution >= 0.6 is 0 Å². The summed E-state index contributed by atoms with van der Waals surface area (Å²) >= 11 is 0. The van der Waals surface area contributed by atoms with Crippen molar-refractivity contribution >= 4 is 16.9 Å². The van der Waals surface area contributed by atoms with E-state index < -0.39 is 11.9 Å². The first kappa shape index (κ1) is 17.3. The first-order valence-electron chi connectivity index (χ1n) is 8.67. The molecule has 0 amide bonds. The molecule has 1 heterocycles. The summed E-state index contributed by atoms with van der Waals surface area (Å²) in [5.41, 5.74) is 5.11. The van der Waals surface area contributed by atoms with Crippen LogP contribution in [0, 0.1) is 6.92 Å². The minimum Gasteiger partial charge on any atom is -0.481 e. The predicted octanol–water partition coefficient (Wildman–Crippen LogP) is 5.18. The van der Waals surface area contributed by atoms with Crippen LogP contribution in [0.4, 0.5) is 0 Å². The van der Waals surface area contributed by atoms with Gasteiger partial charge in [-0.3, -0.25) is 4.79 Å². The standard InChI is InChI=1S/C22H25NO2/c1-14-20(18(21(24)25)12-15-8-6-5-7-9-15)17-13-16(22(2,3)4)10-11-19(17)23-14/h5-11,13,18,23H,12H2,1-4H3,(H,24,25). The Morgan fingerprint density at radius 1 is 1.12 bits per heavy atom. The summed E-state index contributed by atoms with van der Waals surface area (Å²) in [5, 5.41) is 10.9. The van der Waals surface area contributed by atoms with Crippen molar-refractivity contribution < 1.29 is 9.90 Å². The maximum Gasteiger partial charge on any atom is 0.311 e. The second-order valence-corrected chi connectivity index (χ2v) is 7.75. The Hall–Kier alpha value is -2.55. The third kappa shape index (κ3) is 3.46. The smallest absolute Gasteiger partial charge is 0.311 e. The number of aliphatic carboxylic acids is 1. The number of carboxylic acids is 1. The fraction of sp³-hybridized carbons (Fsp3) is 0.318. The highest BCUT2D eigenvalue weighted by Crippen LogP contribution is 2.34. The van der Waals surface area contributed by atoms with Crippen molar-refractivity contribution in [2.75, 3.05) is 0 Å². The molecule has 0 aliphatic rings. The number of rotatable bonds is 4. The third-order valence-corrected chi connectivity index (χ3v) is 4.83. The van der Waals surface area contributed by atoms with Crippen LogP contribution in [0.25, 0.3) is 10.9 Å². The summed E-state index contributed by atoms with van der Waals surface area (Å²) in [6.45, 7) is 8.48. The Morgan fingerprint density at radius 3 is 2.40 bits per heavy atom. The fourth-order valence-corrected chi connectivity index (χ4v) is 3.43. The second kappa shape index (κ2) is 6.40. The molecule has 3 rings (SSSR count). The number of H-pyrrole nitrogens is 1. The van der Waals surface area contributed by atoms with Gasteiger partial charge < -0.3 is 10.1 Å². The lowest BCUT2D eigenvalue weighted by atomic mass is 9.84. The van der Waals surface area contributed by atoms with Gasteiger partial charge in [0, 0.05) is 16.6 Å². The van der Waals surface area contributed by atoms with Crippen molar-refractivity contribution in [1.29, 1.82) is 0 Å². The summed E-state index contributed by atoms with van der Waals surface area (Å²) in [4.78, 5) is 15.4. The summed E-state index contributed by atoms with van der Waals surface area (Å²) in [6, 6.07) is 16.2. The fourth-order valence-electron chi connectivity index (χ4n) is 3.43. The largest absolute Gasteiger partial charge is 0.481 e. The molecule has 0 radical (unpaired) electrons. The van der Waals surface area contributed by atoms with E-state index in [1.165, 1.54) is 5.56 Å². The monoisotopic (exact) mass is 335 g/mol. The van der Waals surface area contributed by atoms with Crippen molar-refractivity contribution in [3.05, 3.63) is 70.9 Å². The second-order valence-electron chi connectivity index (χ2n) is 7.75. The van der Waals surface area contributed by atoms with Crippen LogP contribution in [0.3, 0.4) is 0 Å². The summed E-state index contributed by atoms with van der Waals surface area (Å²) in [5.74, 6) is -1.35. The minimum atomic E-state index is -0.783. The maximum atomic E-state index is 12.1. The van der Waals surface area contributed by atoms with Crippen LogP contribution < -0.4 is 0 Å². The molecule has 0 aliphatic heterocycles. The summed E-state index contributed by atoms with van der Waals surface area (Å²) < 4.78 is 0. The molecule has 3 nitrogen and oxygen atoms in total. The number of aryl methyl sites for hydroxylation is 1. The predicted molar refractivity (Wildman–Crippen MR) is 102 cm³/mol. The van der Waals surface area contributed by atoms with E-state index in [0.29, 0.717) is 6.42 Å². The lowest BCUT2D eigenvalue weighted by Crippen LogP contribution is -2.15. The Bertz CT molecular complexity index is 901. The van der Waals surface area contributed by atoms with E-state index in [1.807, 2.05) is 37.3 Å². The lowest BCUT2D eigenvalue weighted by Gasteiger charge is -2.20. The highest BCUT2D eigenvalue weighted by molar-refractivity contribution is 5.91. The number of aromatic nitrogens is 1. The number of hydrogen-bond donors (Lipinski definition) is 2. The maximum absolute atomic E-state index is 12.1. The van der Waals surface area contributed by atoms with Crippen molar-refractivity contribution in [2.24, 2.45) is 0 Å². The molecule has 3 heteroatoms. The first-order valence-corrected chi connectivity index (χ1v) is 8.67. The number of hydrogen-bond acceptors (Lipinski definition) is 1. The zero-order valence-corrected chi connectivity index (χ0v) is 15.3. The topological polar surface area (TPSA) is 53.1 Å². The normalized spacial score (nSPS) is 13.1. The van der Waals surface area contributed by atoms with Crippen LogP contribution in [0.15, 0.2) is 48.5 Å². The van der Waals surface area contributed by atoms with Crippen LogP contribution in [-0.2, 0) is 16.6 Å². The van der Waals surface area contributed by atoms with Crippen LogP contribution in [0.1, 0.15) is 49.1 Å². The van der Waals surface area contributed by atoms with Crippen molar-refractivity contribution in [2.45, 2.75) is 45.4 Å². The van der Waals surface area contributed by atoms with Crippen LogP contribution in [0.2, 0.25) is 0 Å². The molecule has 0 saturated heterocycles. The number of carboxylic acid groups (broad SMARTS) is 1. The SMILES string of the molecule is Cc1[nH]c2ccc(C(C)(C)C)cc2c1C(Cc1ccccc1)C(=O)O. The molecule has 2 N–H and O–H groups in total. The Morgan fingerprint density at radius 2 is 1.80 bits per heavy atom. The van der Waals surface area contributed by atoms with Gasteiger partial charge in [-0.1, -0.05) is 57.2 Å². The number of benzene rings is 2. The number of fused-ring (bicyclic) bond motifs is 1. The van der Waals surface area contributed by atoms with E-state index in [4.69, 9.17) is 0 Å². The molecule has 1 atom stereocenters. The van der Waals surface area contributed by atoms with Crippen molar-refractivity contribution in [1.82, 2.24) is 4.98 Å². The molecular formula is C22H25NO2. The Labute approximate surface area is 148 Å². The highest BCUT2D eigenvalue weighted by atomic mass is 16.4. The summed E-state index contributed by atoms with van der Waals surface area (Å²) in [7, 11) is 0. The Balaban J connectivity index is 2.13. The molecule has 0 fully saturated rings. The van der Waals surface area contributed by atoms with Gasteiger partial charge in [0.2, 0.25) is 0 Å².